The second-order valence-corrected chi connectivity index (χ2v) is 3.59. The van der Waals surface area contributed by atoms with Crippen LogP contribution < -0.4 is 0 Å². The molecule has 0 N–H and O–H groups in total. The average molecular weight is 190 g/mol. The highest BCUT2D eigenvalue weighted by atomic mass is 16.5. The Kier molecular flexibility index (Phi) is 2.39. The van der Waals surface area contributed by atoms with Gasteiger partial charge in [0.05, 0.1) is 0 Å². The van der Waals surface area contributed by atoms with Crippen molar-refractivity contribution in [2.75, 3.05) is 0 Å². The molecule has 0 bridgehead atoms. The van der Waals surface area contributed by atoms with E-state index < -0.39 is 0 Å². The van der Waals surface area contributed by atoms with Crippen molar-refractivity contribution in [1.29, 1.82) is 0 Å². The van der Waals surface area contributed by atoms with Gasteiger partial charge in [0.15, 0.2) is 6.40 Å². The lowest BCUT2D eigenvalue weighted by Gasteiger charge is -2.25. The van der Waals surface area contributed by atoms with Crippen molar-refractivity contribution < 1.29 is 4.74 Å². The summed E-state index contributed by atoms with van der Waals surface area (Å²) in [5.41, 5.74) is 1.14. The molecule has 3 nitrogen and oxygen atoms in total. The molecule has 3 heteroatoms. The number of nitrogens with zero attached hydrogens (tertiary/aromatic N) is 2. The number of benzene rings is 1. The van der Waals surface area contributed by atoms with Gasteiger partial charge in [-0.1, -0.05) is 30.3 Å². The van der Waals surface area contributed by atoms with Crippen molar-refractivity contribution >= 4 is 6.40 Å². The van der Waals surface area contributed by atoms with Gasteiger partial charge in [-0.3, -0.25) is 0 Å². The summed E-state index contributed by atoms with van der Waals surface area (Å²) in [6, 6.07) is 10.5. The van der Waals surface area contributed by atoms with Crippen molar-refractivity contribution in [2.45, 2.75) is 26.1 Å². The molecule has 2 rings (SSSR count). The summed E-state index contributed by atoms with van der Waals surface area (Å²) < 4.78 is 5.45. The van der Waals surface area contributed by atoms with Crippen LogP contribution in [0.2, 0.25) is 0 Å². The Labute approximate surface area is 84.0 Å². The quantitative estimate of drug-likeness (QED) is 0.715. The van der Waals surface area contributed by atoms with Crippen LogP contribution in [-0.4, -0.2) is 17.5 Å². The molecular formula is C11H14N2O. The zero-order valence-corrected chi connectivity index (χ0v) is 8.42. The van der Waals surface area contributed by atoms with E-state index in [0.29, 0.717) is 6.04 Å². The minimum atomic E-state index is -0.0591. The van der Waals surface area contributed by atoms with E-state index in [1.165, 1.54) is 6.40 Å². The fourth-order valence-corrected chi connectivity index (χ4v) is 1.52. The molecule has 1 aliphatic heterocycles. The van der Waals surface area contributed by atoms with E-state index >= 15 is 0 Å². The van der Waals surface area contributed by atoms with Gasteiger partial charge in [-0.05, 0) is 13.8 Å². The monoisotopic (exact) mass is 190 g/mol. The Morgan fingerprint density at radius 1 is 1.29 bits per heavy atom. The summed E-state index contributed by atoms with van der Waals surface area (Å²) in [4.78, 5) is 0. The van der Waals surface area contributed by atoms with Gasteiger partial charge in [0.25, 0.3) is 0 Å². The Morgan fingerprint density at radius 3 is 2.64 bits per heavy atom. The first-order valence-electron chi connectivity index (χ1n) is 4.80. The molecule has 0 amide bonds. The molecule has 0 radical (unpaired) electrons. The zero-order valence-electron chi connectivity index (χ0n) is 8.42. The van der Waals surface area contributed by atoms with Crippen molar-refractivity contribution in [3.8, 4) is 0 Å². The molecule has 0 aromatic heterocycles. The summed E-state index contributed by atoms with van der Waals surface area (Å²) in [6.45, 7) is 4.20. The highest BCUT2D eigenvalue weighted by Crippen LogP contribution is 2.27. The number of hydrazone groups is 1. The number of hydrogen-bond donors (Lipinski definition) is 0. The Morgan fingerprint density at radius 2 is 2.00 bits per heavy atom. The van der Waals surface area contributed by atoms with Gasteiger partial charge in [-0.2, -0.15) is 0 Å². The molecular weight excluding hydrogens is 176 g/mol. The van der Waals surface area contributed by atoms with Gasteiger partial charge in [0.2, 0.25) is 6.23 Å². The highest BCUT2D eigenvalue weighted by Gasteiger charge is 2.25. The van der Waals surface area contributed by atoms with Crippen molar-refractivity contribution in [3.05, 3.63) is 35.9 Å². The van der Waals surface area contributed by atoms with Crippen LogP contribution in [0.4, 0.5) is 0 Å². The van der Waals surface area contributed by atoms with E-state index in [4.69, 9.17) is 4.74 Å². The van der Waals surface area contributed by atoms with Crippen LogP contribution in [0.15, 0.2) is 35.4 Å². The molecule has 1 atom stereocenters. The highest BCUT2D eigenvalue weighted by molar-refractivity contribution is 5.48. The fourth-order valence-electron chi connectivity index (χ4n) is 1.52. The van der Waals surface area contributed by atoms with Gasteiger partial charge in [-0.25, -0.2) is 5.01 Å². The maximum atomic E-state index is 5.45. The first-order valence-corrected chi connectivity index (χ1v) is 4.80. The van der Waals surface area contributed by atoms with Crippen LogP contribution in [0.1, 0.15) is 25.6 Å². The lowest BCUT2D eigenvalue weighted by atomic mass is 10.2. The van der Waals surface area contributed by atoms with Gasteiger partial charge >= 0.3 is 0 Å². The second-order valence-electron chi connectivity index (χ2n) is 3.59. The summed E-state index contributed by atoms with van der Waals surface area (Å²) in [5, 5.41) is 6.13. The molecule has 0 saturated carbocycles. The summed E-state index contributed by atoms with van der Waals surface area (Å²) in [7, 11) is 0. The average Bonchev–Trinajstić information content (AvgIpc) is 2.67. The Balaban J connectivity index is 2.20. The van der Waals surface area contributed by atoms with Crippen LogP contribution in [-0.2, 0) is 4.74 Å². The largest absolute Gasteiger partial charge is 0.453 e. The third-order valence-electron chi connectivity index (χ3n) is 2.22. The van der Waals surface area contributed by atoms with Crippen LogP contribution >= 0.6 is 0 Å². The minimum absolute atomic E-state index is 0.0591. The normalized spacial score (nSPS) is 20.2. The maximum Gasteiger partial charge on any atom is 0.214 e. The summed E-state index contributed by atoms with van der Waals surface area (Å²) in [5.74, 6) is 0. The van der Waals surface area contributed by atoms with Crippen LogP contribution in [0, 0.1) is 0 Å². The number of rotatable bonds is 2. The van der Waals surface area contributed by atoms with E-state index in [0.717, 1.165) is 5.56 Å². The van der Waals surface area contributed by atoms with Gasteiger partial charge in [-0.15, -0.1) is 5.10 Å². The fraction of sp³-hybridized carbons (Fsp3) is 0.364. The third kappa shape index (κ3) is 1.58. The molecule has 1 heterocycles. The third-order valence-corrected chi connectivity index (χ3v) is 2.22. The molecule has 0 spiro atoms. The first-order chi connectivity index (χ1) is 6.79. The van der Waals surface area contributed by atoms with E-state index in [1.54, 1.807) is 0 Å². The van der Waals surface area contributed by atoms with E-state index in [2.05, 4.69) is 31.1 Å². The molecule has 1 aliphatic rings. The van der Waals surface area contributed by atoms with Crippen molar-refractivity contribution in [1.82, 2.24) is 5.01 Å². The predicted octanol–water partition coefficient (Wildman–Crippen LogP) is 2.37. The molecule has 0 aliphatic carbocycles. The topological polar surface area (TPSA) is 24.8 Å². The molecule has 0 saturated heterocycles. The lowest BCUT2D eigenvalue weighted by molar-refractivity contribution is 0.0356. The molecule has 1 aromatic rings. The number of hydrogen-bond acceptors (Lipinski definition) is 3. The summed E-state index contributed by atoms with van der Waals surface area (Å²) >= 11 is 0. The van der Waals surface area contributed by atoms with Gasteiger partial charge < -0.3 is 4.74 Å². The molecule has 0 fully saturated rings. The summed E-state index contributed by atoms with van der Waals surface area (Å²) in [6.07, 6.45) is 1.45. The standard InChI is InChI=1S/C11H14N2O/c1-9(2)13-11(14-8-12-13)10-6-4-3-5-7-10/h3-9,11H,1-2H3. The van der Waals surface area contributed by atoms with E-state index in [-0.39, 0.29) is 6.23 Å². The molecule has 14 heavy (non-hydrogen) atoms. The van der Waals surface area contributed by atoms with Crippen LogP contribution in [0.25, 0.3) is 0 Å². The van der Waals surface area contributed by atoms with Gasteiger partial charge in [0.1, 0.15) is 0 Å². The first kappa shape index (κ1) is 9.06. The predicted molar refractivity (Wildman–Crippen MR) is 55.7 cm³/mol. The lowest BCUT2D eigenvalue weighted by Crippen LogP contribution is -2.27. The Hall–Kier alpha value is -1.51. The van der Waals surface area contributed by atoms with E-state index in [9.17, 15) is 0 Å². The molecule has 1 unspecified atom stereocenters. The maximum absolute atomic E-state index is 5.45. The van der Waals surface area contributed by atoms with Crippen LogP contribution in [0.3, 0.4) is 0 Å². The van der Waals surface area contributed by atoms with Gasteiger partial charge in [0, 0.05) is 11.6 Å². The van der Waals surface area contributed by atoms with Crippen LogP contribution in [0.5, 0.6) is 0 Å². The SMILES string of the molecule is CC(C)N1N=COC1c1ccccc1. The molecule has 1 aromatic carbocycles. The second kappa shape index (κ2) is 3.70. The minimum Gasteiger partial charge on any atom is -0.453 e. The van der Waals surface area contributed by atoms with Crippen molar-refractivity contribution in [2.24, 2.45) is 5.10 Å². The smallest absolute Gasteiger partial charge is 0.214 e. The van der Waals surface area contributed by atoms with Crippen molar-refractivity contribution in [3.63, 3.8) is 0 Å². The molecule has 74 valence electrons. The number of ether oxygens (including phenoxy) is 1. The zero-order chi connectivity index (χ0) is 9.97. The van der Waals surface area contributed by atoms with E-state index in [1.807, 2.05) is 23.2 Å². The Bertz CT molecular complexity index is 321.